The van der Waals surface area contributed by atoms with Crippen LogP contribution in [-0.2, 0) is 0 Å². The first-order valence-corrected chi connectivity index (χ1v) is 6.22. The molecule has 0 aliphatic carbocycles. The first-order chi connectivity index (χ1) is 5.15. The summed E-state index contributed by atoms with van der Waals surface area (Å²) in [5.74, 6) is -0.0986. The van der Waals surface area contributed by atoms with Crippen molar-refractivity contribution in [2.45, 2.75) is 4.90 Å². The molecule has 11 heavy (non-hydrogen) atoms. The molecule has 60 valence electrons. The molecule has 0 saturated carbocycles. The second-order valence-electron chi connectivity index (χ2n) is 1.90. The van der Waals surface area contributed by atoms with E-state index in [0.29, 0.717) is 3.57 Å². The van der Waals surface area contributed by atoms with Crippen molar-refractivity contribution in [3.8, 4) is 0 Å². The van der Waals surface area contributed by atoms with Gasteiger partial charge in [0.1, 0.15) is 5.82 Å². The third-order valence-corrected chi connectivity index (χ3v) is 3.32. The highest BCUT2D eigenvalue weighted by Crippen LogP contribution is 2.25. The maximum atomic E-state index is 13.2. The summed E-state index contributed by atoms with van der Waals surface area (Å²) in [6.07, 6.45) is 1.88. The highest BCUT2D eigenvalue weighted by atomic mass is 127. The Morgan fingerprint density at radius 3 is 2.55 bits per heavy atom. The average molecular weight is 394 g/mol. The van der Waals surface area contributed by atoms with Gasteiger partial charge in [0.25, 0.3) is 0 Å². The van der Waals surface area contributed by atoms with Crippen LogP contribution >= 0.6 is 56.9 Å². The molecule has 0 aromatic heterocycles. The van der Waals surface area contributed by atoms with Gasteiger partial charge in [0.05, 0.1) is 3.57 Å². The van der Waals surface area contributed by atoms with E-state index < -0.39 is 0 Å². The van der Waals surface area contributed by atoms with Crippen LogP contribution in [0, 0.1) is 13.0 Å². The van der Waals surface area contributed by atoms with Crippen molar-refractivity contribution < 1.29 is 4.39 Å². The number of halogens is 3. The SMILES string of the molecule is CSc1cc(I)cc(I)c1F. The Kier molecular flexibility index (Phi) is 3.90. The predicted molar refractivity (Wildman–Crippen MR) is 63.6 cm³/mol. The van der Waals surface area contributed by atoms with Crippen molar-refractivity contribution in [3.05, 3.63) is 25.1 Å². The van der Waals surface area contributed by atoms with E-state index in [9.17, 15) is 4.39 Å². The number of hydrogen-bond donors (Lipinski definition) is 0. The van der Waals surface area contributed by atoms with Crippen molar-refractivity contribution in [1.29, 1.82) is 0 Å². The molecule has 0 atom stereocenters. The molecule has 0 amide bonds. The summed E-state index contributed by atoms with van der Waals surface area (Å²) in [7, 11) is 0. The lowest BCUT2D eigenvalue weighted by Crippen LogP contribution is -1.87. The van der Waals surface area contributed by atoms with E-state index in [1.54, 1.807) is 0 Å². The predicted octanol–water partition coefficient (Wildman–Crippen LogP) is 3.76. The number of hydrogen-bond acceptors (Lipinski definition) is 1. The fraction of sp³-hybridized carbons (Fsp3) is 0.143. The number of thioether (sulfide) groups is 1. The van der Waals surface area contributed by atoms with Crippen LogP contribution in [0.3, 0.4) is 0 Å². The fourth-order valence-corrected chi connectivity index (χ4v) is 3.45. The van der Waals surface area contributed by atoms with Crippen LogP contribution in [0.15, 0.2) is 17.0 Å². The van der Waals surface area contributed by atoms with Crippen molar-refractivity contribution in [3.63, 3.8) is 0 Å². The summed E-state index contributed by atoms with van der Waals surface area (Å²) < 4.78 is 14.9. The molecule has 4 heteroatoms. The standard InChI is InChI=1S/C7H5FI2S/c1-11-6-3-4(9)2-5(10)7(6)8/h2-3H,1H3. The third kappa shape index (κ3) is 2.45. The fourth-order valence-electron chi connectivity index (χ4n) is 0.681. The van der Waals surface area contributed by atoms with Gasteiger partial charge in [-0.25, -0.2) is 4.39 Å². The lowest BCUT2D eigenvalue weighted by molar-refractivity contribution is 0.594. The highest BCUT2D eigenvalue weighted by molar-refractivity contribution is 14.1. The van der Waals surface area contributed by atoms with Crippen molar-refractivity contribution in [2.24, 2.45) is 0 Å². The summed E-state index contributed by atoms with van der Waals surface area (Å²) in [4.78, 5) is 0.723. The molecule has 0 N–H and O–H groups in total. The maximum absolute atomic E-state index is 13.2. The Balaban J connectivity index is 3.24. The monoisotopic (exact) mass is 394 g/mol. The maximum Gasteiger partial charge on any atom is 0.150 e. The van der Waals surface area contributed by atoms with Crippen LogP contribution in [0.4, 0.5) is 4.39 Å². The highest BCUT2D eigenvalue weighted by Gasteiger charge is 2.05. The Labute approximate surface area is 96.6 Å². The molecule has 0 saturated heterocycles. The normalized spacial score (nSPS) is 10.2. The number of benzene rings is 1. The van der Waals surface area contributed by atoms with E-state index in [4.69, 9.17) is 0 Å². The molecule has 0 aliphatic heterocycles. The first kappa shape index (κ1) is 10.0. The average Bonchev–Trinajstić information content (AvgIpc) is 1.96. The van der Waals surface area contributed by atoms with Gasteiger partial charge in [0.2, 0.25) is 0 Å². The van der Waals surface area contributed by atoms with E-state index in [-0.39, 0.29) is 5.82 Å². The molecular formula is C7H5FI2S. The molecule has 0 heterocycles. The molecule has 0 bridgehead atoms. The van der Waals surface area contributed by atoms with Crippen LogP contribution in [-0.4, -0.2) is 6.26 Å². The van der Waals surface area contributed by atoms with Crippen LogP contribution in [0.1, 0.15) is 0 Å². The topological polar surface area (TPSA) is 0 Å². The van der Waals surface area contributed by atoms with E-state index in [2.05, 4.69) is 22.6 Å². The van der Waals surface area contributed by atoms with Crippen LogP contribution in [0.25, 0.3) is 0 Å². The molecule has 0 nitrogen and oxygen atoms in total. The van der Waals surface area contributed by atoms with Crippen molar-refractivity contribution in [1.82, 2.24) is 0 Å². The minimum atomic E-state index is -0.0986. The lowest BCUT2D eigenvalue weighted by atomic mass is 10.3. The molecule has 1 aromatic rings. The summed E-state index contributed by atoms with van der Waals surface area (Å²) in [5.41, 5.74) is 0. The van der Waals surface area contributed by atoms with Crippen molar-refractivity contribution in [2.75, 3.05) is 6.26 Å². The Morgan fingerprint density at radius 1 is 1.36 bits per heavy atom. The van der Waals surface area contributed by atoms with E-state index in [1.165, 1.54) is 11.8 Å². The van der Waals surface area contributed by atoms with Crippen LogP contribution in [0.5, 0.6) is 0 Å². The summed E-state index contributed by atoms with van der Waals surface area (Å²) >= 11 is 5.63. The first-order valence-electron chi connectivity index (χ1n) is 2.83. The third-order valence-electron chi connectivity index (χ3n) is 1.18. The minimum absolute atomic E-state index is 0.0986. The van der Waals surface area contributed by atoms with Gasteiger partial charge in [-0.3, -0.25) is 0 Å². The molecule has 0 aliphatic rings. The van der Waals surface area contributed by atoms with Gasteiger partial charge >= 0.3 is 0 Å². The second kappa shape index (κ2) is 4.27. The largest absolute Gasteiger partial charge is 0.205 e. The summed E-state index contributed by atoms with van der Waals surface area (Å²) in [6, 6.07) is 3.68. The van der Waals surface area contributed by atoms with E-state index in [0.717, 1.165) is 8.47 Å². The van der Waals surface area contributed by atoms with Crippen molar-refractivity contribution >= 4 is 56.9 Å². The zero-order chi connectivity index (χ0) is 8.43. The molecule has 0 radical (unpaired) electrons. The zero-order valence-corrected chi connectivity index (χ0v) is 10.8. The summed E-state index contributed by atoms with van der Waals surface area (Å²) in [6.45, 7) is 0. The summed E-state index contributed by atoms with van der Waals surface area (Å²) in [5, 5.41) is 0. The smallest absolute Gasteiger partial charge is 0.150 e. The molecular weight excluding hydrogens is 389 g/mol. The molecule has 0 fully saturated rings. The second-order valence-corrected chi connectivity index (χ2v) is 5.16. The van der Waals surface area contributed by atoms with Gasteiger partial charge in [-0.15, -0.1) is 11.8 Å². The molecule has 1 aromatic carbocycles. The molecule has 0 spiro atoms. The Hall–Kier alpha value is 0.960. The number of rotatable bonds is 1. The van der Waals surface area contributed by atoms with E-state index >= 15 is 0 Å². The van der Waals surface area contributed by atoms with Gasteiger partial charge in [-0.2, -0.15) is 0 Å². The zero-order valence-electron chi connectivity index (χ0n) is 5.70. The van der Waals surface area contributed by atoms with Gasteiger partial charge < -0.3 is 0 Å². The van der Waals surface area contributed by atoms with E-state index in [1.807, 2.05) is 41.0 Å². The minimum Gasteiger partial charge on any atom is -0.205 e. The Morgan fingerprint density at radius 2 is 2.00 bits per heavy atom. The van der Waals surface area contributed by atoms with Gasteiger partial charge in [0.15, 0.2) is 0 Å². The van der Waals surface area contributed by atoms with Gasteiger partial charge in [0, 0.05) is 8.47 Å². The Bertz CT molecular complexity index is 275. The van der Waals surface area contributed by atoms with Crippen LogP contribution < -0.4 is 0 Å². The van der Waals surface area contributed by atoms with Gasteiger partial charge in [-0.05, 0) is 63.6 Å². The van der Waals surface area contributed by atoms with Gasteiger partial charge in [-0.1, -0.05) is 0 Å². The molecule has 0 unspecified atom stereocenters. The quantitative estimate of drug-likeness (QED) is 0.397. The lowest BCUT2D eigenvalue weighted by Gasteiger charge is -2.01. The van der Waals surface area contributed by atoms with Crippen LogP contribution in [0.2, 0.25) is 0 Å². The molecule has 1 rings (SSSR count).